The Morgan fingerprint density at radius 3 is 1.46 bits per heavy atom. The topological polar surface area (TPSA) is 0 Å². The van der Waals surface area contributed by atoms with Gasteiger partial charge in [-0.15, -0.1) is 0 Å². The van der Waals surface area contributed by atoms with Crippen molar-refractivity contribution in [3.63, 3.8) is 0 Å². The lowest BCUT2D eigenvalue weighted by Crippen LogP contribution is -1.73. The average molecular weight is 308 g/mol. The van der Waals surface area contributed by atoms with Gasteiger partial charge in [-0.3, -0.25) is 0 Å². The number of rotatable bonds is 2. The molecule has 24 heavy (non-hydrogen) atoms. The molecule has 0 atom stereocenters. The normalized spacial score (nSPS) is 11.6. The first kappa shape index (κ1) is 14.7. The van der Waals surface area contributed by atoms with Crippen LogP contribution in [0.4, 0.5) is 0 Å². The summed E-state index contributed by atoms with van der Waals surface area (Å²) in [6, 6.07) is 26.2. The van der Waals surface area contributed by atoms with Crippen LogP contribution in [0.15, 0.2) is 72.8 Å². The molecule has 0 fully saturated rings. The molecule has 0 saturated carbocycles. The van der Waals surface area contributed by atoms with Crippen LogP contribution in [0.25, 0.3) is 34.4 Å². The molecule has 0 bridgehead atoms. The van der Waals surface area contributed by atoms with Crippen LogP contribution in [0.2, 0.25) is 0 Å². The van der Waals surface area contributed by atoms with Gasteiger partial charge >= 0.3 is 0 Å². The standard InChI is InChI=1S/C24H20/c1-17-15-19(11-13-21-5-3-7-23(17)21)9-10-20-12-14-22-6-4-8-24(22)18(2)16-20/h3-16H,1-2H3/b10-9+. The zero-order chi connectivity index (χ0) is 16.5. The van der Waals surface area contributed by atoms with Gasteiger partial charge in [-0.25, -0.2) is 0 Å². The first-order valence-corrected chi connectivity index (χ1v) is 8.37. The minimum absolute atomic E-state index is 1.23. The van der Waals surface area contributed by atoms with Gasteiger partial charge in [0.15, 0.2) is 0 Å². The van der Waals surface area contributed by atoms with E-state index >= 15 is 0 Å². The van der Waals surface area contributed by atoms with Crippen molar-refractivity contribution in [2.45, 2.75) is 13.8 Å². The van der Waals surface area contributed by atoms with E-state index in [-0.39, 0.29) is 0 Å². The lowest BCUT2D eigenvalue weighted by Gasteiger charge is -1.95. The fourth-order valence-corrected chi connectivity index (χ4v) is 3.40. The highest BCUT2D eigenvalue weighted by Gasteiger charge is 2.04. The van der Waals surface area contributed by atoms with Crippen molar-refractivity contribution in [3.05, 3.63) is 95.1 Å². The maximum Gasteiger partial charge on any atom is -0.0155 e. The Morgan fingerprint density at radius 2 is 1.00 bits per heavy atom. The van der Waals surface area contributed by atoms with E-state index < -0.39 is 0 Å². The van der Waals surface area contributed by atoms with Gasteiger partial charge in [-0.05, 0) is 58.4 Å². The van der Waals surface area contributed by atoms with E-state index in [9.17, 15) is 0 Å². The Balaban J connectivity index is 1.73. The lowest BCUT2D eigenvalue weighted by molar-refractivity contribution is 1.50. The molecular weight excluding hydrogens is 288 g/mol. The summed E-state index contributed by atoms with van der Waals surface area (Å²) in [7, 11) is 0. The molecule has 0 aromatic carbocycles. The van der Waals surface area contributed by atoms with Crippen molar-refractivity contribution >= 4 is 12.2 Å². The molecule has 4 aliphatic carbocycles. The molecule has 0 saturated heterocycles. The van der Waals surface area contributed by atoms with Gasteiger partial charge in [0.2, 0.25) is 0 Å². The number of fused-ring (bicyclic) bond motifs is 2. The first-order chi connectivity index (χ1) is 11.7. The van der Waals surface area contributed by atoms with Crippen LogP contribution >= 0.6 is 0 Å². The fraction of sp³-hybridized carbons (Fsp3) is 0.0833. The average Bonchev–Trinajstić information content (AvgIpc) is 3.17. The van der Waals surface area contributed by atoms with E-state index in [1.165, 1.54) is 44.5 Å². The second kappa shape index (κ2) is 5.98. The van der Waals surface area contributed by atoms with Crippen LogP contribution in [0.3, 0.4) is 0 Å². The summed E-state index contributed by atoms with van der Waals surface area (Å²) in [6.07, 6.45) is 4.40. The van der Waals surface area contributed by atoms with Crippen molar-refractivity contribution < 1.29 is 0 Å². The monoisotopic (exact) mass is 308 g/mol. The second-order valence-corrected chi connectivity index (χ2v) is 6.44. The van der Waals surface area contributed by atoms with Gasteiger partial charge in [-0.1, -0.05) is 84.9 Å². The molecular formula is C24H20. The summed E-state index contributed by atoms with van der Waals surface area (Å²) < 4.78 is 0. The van der Waals surface area contributed by atoms with Crippen LogP contribution in [0.1, 0.15) is 22.3 Å². The highest BCUT2D eigenvalue weighted by atomic mass is 14.1. The lowest BCUT2D eigenvalue weighted by atomic mass is 10.1. The molecule has 0 aromatic heterocycles. The van der Waals surface area contributed by atoms with Crippen LogP contribution < -0.4 is 0 Å². The number of hydrogen-bond acceptors (Lipinski definition) is 0. The van der Waals surface area contributed by atoms with Gasteiger partial charge in [0.05, 0.1) is 0 Å². The second-order valence-electron chi connectivity index (χ2n) is 6.44. The van der Waals surface area contributed by atoms with Gasteiger partial charge in [0.25, 0.3) is 0 Å². The van der Waals surface area contributed by atoms with Crippen molar-refractivity contribution in [1.29, 1.82) is 0 Å². The van der Waals surface area contributed by atoms with Gasteiger partial charge in [0.1, 0.15) is 0 Å². The predicted octanol–water partition coefficient (Wildman–Crippen LogP) is 6.68. The Kier molecular flexibility index (Phi) is 3.66. The van der Waals surface area contributed by atoms with Crippen molar-refractivity contribution in [1.82, 2.24) is 0 Å². The van der Waals surface area contributed by atoms with Crippen molar-refractivity contribution in [3.8, 4) is 22.3 Å². The van der Waals surface area contributed by atoms with E-state index in [2.05, 4.69) is 98.8 Å². The maximum absolute atomic E-state index is 2.26. The van der Waals surface area contributed by atoms with Crippen molar-refractivity contribution in [2.75, 3.05) is 0 Å². The quantitative estimate of drug-likeness (QED) is 0.387. The molecule has 116 valence electrons. The fourth-order valence-electron chi connectivity index (χ4n) is 3.40. The Morgan fingerprint density at radius 1 is 0.542 bits per heavy atom. The first-order valence-electron chi connectivity index (χ1n) is 8.37. The molecule has 0 amide bonds. The molecule has 0 heterocycles. The van der Waals surface area contributed by atoms with Crippen LogP contribution in [0, 0.1) is 13.8 Å². The summed E-state index contributed by atoms with van der Waals surface area (Å²) in [4.78, 5) is 0. The molecule has 0 aromatic rings. The van der Waals surface area contributed by atoms with Crippen molar-refractivity contribution in [2.24, 2.45) is 0 Å². The predicted molar refractivity (Wildman–Crippen MR) is 105 cm³/mol. The zero-order valence-corrected chi connectivity index (χ0v) is 14.1. The highest BCUT2D eigenvalue weighted by Crippen LogP contribution is 2.28. The summed E-state index contributed by atoms with van der Waals surface area (Å²) in [5.74, 6) is 0. The largest absolute Gasteiger partial charge is 0.0610 e. The number of aryl methyl sites for hydroxylation is 2. The summed E-state index contributed by atoms with van der Waals surface area (Å²) >= 11 is 0. The summed E-state index contributed by atoms with van der Waals surface area (Å²) in [5.41, 5.74) is 10.3. The van der Waals surface area contributed by atoms with E-state index in [1.54, 1.807) is 0 Å². The minimum Gasteiger partial charge on any atom is -0.0610 e. The van der Waals surface area contributed by atoms with Crippen LogP contribution in [-0.4, -0.2) is 0 Å². The molecule has 4 rings (SSSR count). The molecule has 0 N–H and O–H groups in total. The van der Waals surface area contributed by atoms with Crippen LogP contribution in [-0.2, 0) is 0 Å². The summed E-state index contributed by atoms with van der Waals surface area (Å²) in [6.45, 7) is 4.36. The van der Waals surface area contributed by atoms with Gasteiger partial charge < -0.3 is 0 Å². The van der Waals surface area contributed by atoms with E-state index in [0.717, 1.165) is 0 Å². The Labute approximate surface area is 143 Å². The SMILES string of the molecule is Cc1cc(/C=C/c2ccc3cccc-3c(C)c2)ccc2cccc1-2. The molecule has 0 unspecified atom stereocenters. The smallest absolute Gasteiger partial charge is 0.0155 e. The molecule has 0 nitrogen and oxygen atoms in total. The van der Waals surface area contributed by atoms with E-state index in [0.29, 0.717) is 0 Å². The van der Waals surface area contributed by atoms with E-state index in [1.807, 2.05) is 0 Å². The van der Waals surface area contributed by atoms with Gasteiger partial charge in [-0.2, -0.15) is 0 Å². The van der Waals surface area contributed by atoms with Crippen LogP contribution in [0.5, 0.6) is 0 Å². The third kappa shape index (κ3) is 2.72. The number of hydrogen-bond donors (Lipinski definition) is 0. The molecule has 4 aliphatic rings. The van der Waals surface area contributed by atoms with E-state index in [4.69, 9.17) is 0 Å². The molecule has 0 heteroatoms. The maximum atomic E-state index is 2.26. The third-order valence-electron chi connectivity index (χ3n) is 4.69. The Bertz CT molecular complexity index is 894. The molecule has 0 spiro atoms. The Hall–Kier alpha value is -2.86. The molecule has 0 radical (unpaired) electrons. The minimum atomic E-state index is 1.23. The molecule has 0 aliphatic heterocycles. The zero-order valence-electron chi connectivity index (χ0n) is 14.1. The summed E-state index contributed by atoms with van der Waals surface area (Å²) in [5, 5.41) is 0. The van der Waals surface area contributed by atoms with Gasteiger partial charge in [0, 0.05) is 0 Å². The highest BCUT2D eigenvalue weighted by molar-refractivity contribution is 5.76. The third-order valence-corrected chi connectivity index (χ3v) is 4.69.